The van der Waals surface area contributed by atoms with Crippen molar-refractivity contribution in [3.05, 3.63) is 34.9 Å². The smallest absolute Gasteiger partial charge is 0.311 e. The molecule has 2 N–H and O–H groups in total. The van der Waals surface area contributed by atoms with Crippen molar-refractivity contribution < 1.29 is 14.7 Å². The molecule has 0 saturated heterocycles. The van der Waals surface area contributed by atoms with Gasteiger partial charge in [-0.1, -0.05) is 30.0 Å². The molecule has 0 radical (unpaired) electrons. The van der Waals surface area contributed by atoms with Gasteiger partial charge in [0.15, 0.2) is 0 Å². The van der Waals surface area contributed by atoms with E-state index in [0.717, 1.165) is 24.0 Å². The summed E-state index contributed by atoms with van der Waals surface area (Å²) in [6, 6.07) is 5.65. The van der Waals surface area contributed by atoms with E-state index in [-0.39, 0.29) is 12.5 Å². The number of nitrogens with one attached hydrogen (secondary N) is 1. The van der Waals surface area contributed by atoms with Gasteiger partial charge in [-0.05, 0) is 38.8 Å². The highest BCUT2D eigenvalue weighted by molar-refractivity contribution is 5.95. The fourth-order valence-corrected chi connectivity index (χ4v) is 2.98. The Morgan fingerprint density at radius 1 is 1.15 bits per heavy atom. The van der Waals surface area contributed by atoms with Crippen molar-refractivity contribution in [2.24, 2.45) is 5.41 Å². The first-order chi connectivity index (χ1) is 9.43. The third-order valence-electron chi connectivity index (χ3n) is 4.09. The van der Waals surface area contributed by atoms with Gasteiger partial charge in [-0.2, -0.15) is 0 Å². The molecule has 1 saturated carbocycles. The number of hydrogen-bond donors (Lipinski definition) is 2. The van der Waals surface area contributed by atoms with Gasteiger partial charge in [-0.3, -0.25) is 9.59 Å². The topological polar surface area (TPSA) is 66.4 Å². The summed E-state index contributed by atoms with van der Waals surface area (Å²) in [5.41, 5.74) is 1.89. The Kier molecular flexibility index (Phi) is 4.12. The molecule has 2 rings (SSSR count). The molecule has 4 nitrogen and oxygen atoms in total. The summed E-state index contributed by atoms with van der Waals surface area (Å²) in [6.07, 6.45) is 3.14. The summed E-state index contributed by atoms with van der Waals surface area (Å²) in [5, 5.41) is 12.2. The molecule has 1 aliphatic rings. The van der Waals surface area contributed by atoms with Crippen molar-refractivity contribution in [1.82, 2.24) is 5.32 Å². The Hall–Kier alpha value is -1.84. The van der Waals surface area contributed by atoms with Crippen molar-refractivity contribution in [2.75, 3.05) is 6.54 Å². The summed E-state index contributed by atoms with van der Waals surface area (Å²) < 4.78 is 0. The SMILES string of the molecule is Cc1cc(C)cc(C(=O)NCC2(C(=O)O)CCCC2)c1. The lowest BCUT2D eigenvalue weighted by molar-refractivity contribution is -0.148. The normalized spacial score (nSPS) is 16.9. The van der Waals surface area contributed by atoms with Crippen molar-refractivity contribution in [1.29, 1.82) is 0 Å². The van der Waals surface area contributed by atoms with Crippen LogP contribution in [0.25, 0.3) is 0 Å². The first kappa shape index (κ1) is 14.6. The van der Waals surface area contributed by atoms with Crippen LogP contribution in [-0.4, -0.2) is 23.5 Å². The van der Waals surface area contributed by atoms with E-state index in [1.54, 1.807) is 0 Å². The summed E-state index contributed by atoms with van der Waals surface area (Å²) >= 11 is 0. The highest BCUT2D eigenvalue weighted by Crippen LogP contribution is 2.37. The van der Waals surface area contributed by atoms with Crippen LogP contribution in [-0.2, 0) is 4.79 Å². The van der Waals surface area contributed by atoms with Crippen LogP contribution < -0.4 is 5.32 Å². The van der Waals surface area contributed by atoms with Crippen LogP contribution in [0.5, 0.6) is 0 Å². The van der Waals surface area contributed by atoms with Crippen LogP contribution in [0.1, 0.15) is 47.2 Å². The largest absolute Gasteiger partial charge is 0.481 e. The number of carbonyl (C=O) groups is 2. The zero-order chi connectivity index (χ0) is 14.8. The molecule has 0 atom stereocenters. The Bertz CT molecular complexity index is 510. The molecule has 20 heavy (non-hydrogen) atoms. The molecular weight excluding hydrogens is 254 g/mol. The third-order valence-corrected chi connectivity index (χ3v) is 4.09. The van der Waals surface area contributed by atoms with E-state index in [1.165, 1.54) is 0 Å². The molecule has 1 fully saturated rings. The number of carboxylic acids is 1. The number of amides is 1. The second kappa shape index (κ2) is 5.65. The van der Waals surface area contributed by atoms with E-state index in [9.17, 15) is 14.7 Å². The average Bonchev–Trinajstić information content (AvgIpc) is 2.84. The Morgan fingerprint density at radius 2 is 1.70 bits per heavy atom. The predicted octanol–water partition coefficient (Wildman–Crippen LogP) is 2.68. The van der Waals surface area contributed by atoms with E-state index in [4.69, 9.17) is 0 Å². The number of benzene rings is 1. The van der Waals surface area contributed by atoms with Crippen LogP contribution in [0.2, 0.25) is 0 Å². The number of carboxylic acid groups (broad SMARTS) is 1. The molecule has 0 bridgehead atoms. The highest BCUT2D eigenvalue weighted by Gasteiger charge is 2.41. The molecule has 108 valence electrons. The summed E-state index contributed by atoms with van der Waals surface area (Å²) in [7, 11) is 0. The minimum atomic E-state index is -0.796. The average molecular weight is 275 g/mol. The maximum Gasteiger partial charge on any atom is 0.311 e. The maximum absolute atomic E-state index is 12.2. The Morgan fingerprint density at radius 3 is 2.20 bits per heavy atom. The fourth-order valence-electron chi connectivity index (χ4n) is 2.98. The van der Waals surface area contributed by atoms with E-state index >= 15 is 0 Å². The minimum absolute atomic E-state index is 0.190. The van der Waals surface area contributed by atoms with Gasteiger partial charge in [0.2, 0.25) is 0 Å². The molecule has 1 aromatic carbocycles. The molecular formula is C16H21NO3. The number of hydrogen-bond acceptors (Lipinski definition) is 2. The Balaban J connectivity index is 2.06. The van der Waals surface area contributed by atoms with Gasteiger partial charge in [0.25, 0.3) is 5.91 Å². The van der Waals surface area contributed by atoms with Crippen LogP contribution in [0, 0.1) is 19.3 Å². The first-order valence-electron chi connectivity index (χ1n) is 7.03. The van der Waals surface area contributed by atoms with Gasteiger partial charge in [0.1, 0.15) is 0 Å². The van der Waals surface area contributed by atoms with Crippen LogP contribution in [0.15, 0.2) is 18.2 Å². The molecule has 0 heterocycles. The zero-order valence-electron chi connectivity index (χ0n) is 12.0. The van der Waals surface area contributed by atoms with Crippen LogP contribution >= 0.6 is 0 Å². The molecule has 4 heteroatoms. The number of carbonyl (C=O) groups excluding carboxylic acids is 1. The molecule has 0 aromatic heterocycles. The standard InChI is InChI=1S/C16H21NO3/c1-11-7-12(2)9-13(8-11)14(18)17-10-16(15(19)20)5-3-4-6-16/h7-9H,3-6,10H2,1-2H3,(H,17,18)(H,19,20). The number of aryl methyl sites for hydroxylation is 2. The van der Waals surface area contributed by atoms with Gasteiger partial charge < -0.3 is 10.4 Å². The molecule has 1 amide bonds. The van der Waals surface area contributed by atoms with Gasteiger partial charge in [-0.25, -0.2) is 0 Å². The van der Waals surface area contributed by atoms with Crippen molar-refractivity contribution in [3.63, 3.8) is 0 Å². The lowest BCUT2D eigenvalue weighted by atomic mass is 9.86. The highest BCUT2D eigenvalue weighted by atomic mass is 16.4. The third kappa shape index (κ3) is 3.00. The second-order valence-electron chi connectivity index (χ2n) is 5.85. The number of aliphatic carboxylic acids is 1. The maximum atomic E-state index is 12.2. The molecule has 1 aliphatic carbocycles. The molecule has 0 unspecified atom stereocenters. The molecule has 1 aromatic rings. The molecule has 0 spiro atoms. The lowest BCUT2D eigenvalue weighted by Gasteiger charge is -2.24. The van der Waals surface area contributed by atoms with Crippen molar-refractivity contribution >= 4 is 11.9 Å². The van der Waals surface area contributed by atoms with Crippen LogP contribution in [0.3, 0.4) is 0 Å². The van der Waals surface area contributed by atoms with Crippen molar-refractivity contribution in [3.8, 4) is 0 Å². The van der Waals surface area contributed by atoms with Gasteiger partial charge in [0.05, 0.1) is 5.41 Å². The molecule has 0 aliphatic heterocycles. The fraction of sp³-hybridized carbons (Fsp3) is 0.500. The summed E-state index contributed by atoms with van der Waals surface area (Å²) in [4.78, 5) is 23.6. The van der Waals surface area contributed by atoms with Gasteiger partial charge in [0, 0.05) is 12.1 Å². The van der Waals surface area contributed by atoms with Gasteiger partial charge >= 0.3 is 5.97 Å². The quantitative estimate of drug-likeness (QED) is 0.887. The van der Waals surface area contributed by atoms with Crippen LogP contribution in [0.4, 0.5) is 0 Å². The second-order valence-corrected chi connectivity index (χ2v) is 5.85. The first-order valence-corrected chi connectivity index (χ1v) is 7.03. The van der Waals surface area contributed by atoms with E-state index in [2.05, 4.69) is 5.32 Å². The zero-order valence-corrected chi connectivity index (χ0v) is 12.0. The van der Waals surface area contributed by atoms with Crippen molar-refractivity contribution in [2.45, 2.75) is 39.5 Å². The minimum Gasteiger partial charge on any atom is -0.481 e. The van der Waals surface area contributed by atoms with E-state index in [0.29, 0.717) is 18.4 Å². The van der Waals surface area contributed by atoms with E-state index in [1.807, 2.05) is 32.0 Å². The summed E-state index contributed by atoms with van der Waals surface area (Å²) in [5.74, 6) is -0.986. The number of rotatable bonds is 4. The lowest BCUT2D eigenvalue weighted by Crippen LogP contribution is -2.41. The monoisotopic (exact) mass is 275 g/mol. The predicted molar refractivity (Wildman–Crippen MR) is 76.8 cm³/mol. The summed E-state index contributed by atoms with van der Waals surface area (Å²) in [6.45, 7) is 4.10. The Labute approximate surface area is 119 Å². The van der Waals surface area contributed by atoms with E-state index < -0.39 is 11.4 Å². The van der Waals surface area contributed by atoms with Gasteiger partial charge in [-0.15, -0.1) is 0 Å².